The molecule has 7 heteroatoms. The van der Waals surface area contributed by atoms with Gasteiger partial charge in [-0.3, -0.25) is 9.78 Å². The van der Waals surface area contributed by atoms with Gasteiger partial charge in [0.2, 0.25) is 0 Å². The van der Waals surface area contributed by atoms with Crippen LogP contribution in [-0.2, 0) is 0 Å². The number of hydrogen-bond acceptors (Lipinski definition) is 5. The summed E-state index contributed by atoms with van der Waals surface area (Å²) in [5, 5.41) is 15.3. The Morgan fingerprint density at radius 3 is 2.50 bits per heavy atom. The molecule has 0 saturated heterocycles. The van der Waals surface area contributed by atoms with Crippen molar-refractivity contribution in [3.8, 4) is 5.75 Å². The van der Waals surface area contributed by atoms with Crippen molar-refractivity contribution >= 4 is 34.3 Å². The van der Waals surface area contributed by atoms with Gasteiger partial charge < -0.3 is 20.5 Å². The van der Waals surface area contributed by atoms with Gasteiger partial charge in [0.1, 0.15) is 0 Å². The first-order valence-electron chi connectivity index (χ1n) is 7.87. The van der Waals surface area contributed by atoms with Crippen LogP contribution in [0.5, 0.6) is 5.75 Å². The molecule has 26 heavy (non-hydrogen) atoms. The molecule has 1 heterocycles. The van der Waals surface area contributed by atoms with Crippen LogP contribution in [0.15, 0.2) is 48.7 Å². The SMILES string of the molecule is CNC(=O)c1ccc2ncc(OC(=O)O)c(Nc3ccc(C)cc3)c2c1. The predicted molar refractivity (Wildman–Crippen MR) is 98.2 cm³/mol. The second-order valence-electron chi connectivity index (χ2n) is 5.67. The average molecular weight is 351 g/mol. The molecule has 0 aliphatic heterocycles. The molecule has 1 aromatic heterocycles. The van der Waals surface area contributed by atoms with Crippen molar-refractivity contribution < 1.29 is 19.4 Å². The molecular formula is C19H17N3O4. The van der Waals surface area contributed by atoms with Gasteiger partial charge >= 0.3 is 6.16 Å². The summed E-state index contributed by atoms with van der Waals surface area (Å²) in [6.07, 6.45) is -0.104. The van der Waals surface area contributed by atoms with E-state index in [0.29, 0.717) is 22.2 Å². The molecule has 0 aliphatic carbocycles. The van der Waals surface area contributed by atoms with Crippen molar-refractivity contribution in [2.24, 2.45) is 0 Å². The number of carbonyl (C=O) groups is 2. The number of benzene rings is 2. The van der Waals surface area contributed by atoms with Crippen LogP contribution in [0.3, 0.4) is 0 Å². The van der Waals surface area contributed by atoms with E-state index >= 15 is 0 Å². The van der Waals surface area contributed by atoms with Gasteiger partial charge in [0.05, 0.1) is 17.4 Å². The van der Waals surface area contributed by atoms with Crippen molar-refractivity contribution in [1.29, 1.82) is 0 Å². The maximum absolute atomic E-state index is 11.9. The van der Waals surface area contributed by atoms with Crippen LogP contribution in [0, 0.1) is 6.92 Å². The first-order chi connectivity index (χ1) is 12.5. The van der Waals surface area contributed by atoms with Gasteiger partial charge in [0.25, 0.3) is 5.91 Å². The molecule has 132 valence electrons. The number of aromatic nitrogens is 1. The Morgan fingerprint density at radius 1 is 1.12 bits per heavy atom. The highest BCUT2D eigenvalue weighted by Gasteiger charge is 2.15. The van der Waals surface area contributed by atoms with E-state index in [4.69, 9.17) is 9.84 Å². The highest BCUT2D eigenvalue weighted by atomic mass is 16.7. The normalized spacial score (nSPS) is 10.4. The number of fused-ring (bicyclic) bond motifs is 1. The summed E-state index contributed by atoms with van der Waals surface area (Å²) in [4.78, 5) is 27.2. The zero-order chi connectivity index (χ0) is 18.7. The summed E-state index contributed by atoms with van der Waals surface area (Å²) in [5.41, 5.74) is 3.31. The summed E-state index contributed by atoms with van der Waals surface area (Å²) < 4.78 is 4.87. The molecule has 0 atom stereocenters. The van der Waals surface area contributed by atoms with Crippen LogP contribution in [-0.4, -0.2) is 29.2 Å². The van der Waals surface area contributed by atoms with Crippen molar-refractivity contribution in [3.05, 3.63) is 59.8 Å². The minimum absolute atomic E-state index is 0.0552. The maximum Gasteiger partial charge on any atom is 0.511 e. The third-order valence-electron chi connectivity index (χ3n) is 3.84. The third-order valence-corrected chi connectivity index (χ3v) is 3.84. The Labute approximate surface area is 149 Å². The van der Waals surface area contributed by atoms with Gasteiger partial charge in [-0.15, -0.1) is 0 Å². The fourth-order valence-corrected chi connectivity index (χ4v) is 2.54. The Balaban J connectivity index is 2.17. The molecule has 0 bridgehead atoms. The van der Waals surface area contributed by atoms with E-state index in [1.54, 1.807) is 25.2 Å². The molecule has 0 spiro atoms. The van der Waals surface area contributed by atoms with E-state index in [2.05, 4.69) is 15.6 Å². The summed E-state index contributed by atoms with van der Waals surface area (Å²) in [6.45, 7) is 1.97. The van der Waals surface area contributed by atoms with Crippen molar-refractivity contribution in [2.45, 2.75) is 6.92 Å². The average Bonchev–Trinajstić information content (AvgIpc) is 2.63. The molecule has 7 nitrogen and oxygen atoms in total. The summed E-state index contributed by atoms with van der Waals surface area (Å²) in [6, 6.07) is 12.6. The number of anilines is 2. The second kappa shape index (κ2) is 7.10. The van der Waals surface area contributed by atoms with Crippen LogP contribution in [0.2, 0.25) is 0 Å². The molecule has 0 radical (unpaired) electrons. The lowest BCUT2D eigenvalue weighted by molar-refractivity contribution is 0.0963. The fourth-order valence-electron chi connectivity index (χ4n) is 2.54. The minimum atomic E-state index is -1.44. The summed E-state index contributed by atoms with van der Waals surface area (Å²) in [5.74, 6) is -0.197. The van der Waals surface area contributed by atoms with Gasteiger partial charge in [-0.1, -0.05) is 17.7 Å². The van der Waals surface area contributed by atoms with Crippen molar-refractivity contribution in [3.63, 3.8) is 0 Å². The van der Waals surface area contributed by atoms with Gasteiger partial charge in [0.15, 0.2) is 5.75 Å². The van der Waals surface area contributed by atoms with E-state index < -0.39 is 6.16 Å². The smallest absolute Gasteiger partial charge is 0.449 e. The van der Waals surface area contributed by atoms with Gasteiger partial charge in [-0.05, 0) is 37.3 Å². The monoisotopic (exact) mass is 351 g/mol. The number of nitrogens with zero attached hydrogens (tertiary/aromatic N) is 1. The first kappa shape index (κ1) is 17.2. The van der Waals surface area contributed by atoms with E-state index in [-0.39, 0.29) is 11.7 Å². The zero-order valence-corrected chi connectivity index (χ0v) is 14.2. The molecular weight excluding hydrogens is 334 g/mol. The molecule has 3 rings (SSSR count). The first-order valence-corrected chi connectivity index (χ1v) is 7.87. The minimum Gasteiger partial charge on any atom is -0.449 e. The Hall–Kier alpha value is -3.61. The van der Waals surface area contributed by atoms with Crippen molar-refractivity contribution in [1.82, 2.24) is 10.3 Å². The molecule has 2 aromatic carbocycles. The number of amides is 1. The number of carboxylic acid groups (broad SMARTS) is 1. The molecule has 0 unspecified atom stereocenters. The number of carbonyl (C=O) groups excluding carboxylic acids is 1. The Morgan fingerprint density at radius 2 is 1.85 bits per heavy atom. The van der Waals surface area contributed by atoms with Crippen LogP contribution in [0.4, 0.5) is 16.2 Å². The molecule has 1 amide bonds. The molecule has 0 fully saturated rings. The molecule has 0 aliphatic rings. The van der Waals surface area contributed by atoms with Gasteiger partial charge in [-0.25, -0.2) is 4.79 Å². The second-order valence-corrected chi connectivity index (χ2v) is 5.67. The lowest BCUT2D eigenvalue weighted by Crippen LogP contribution is -2.17. The number of ether oxygens (including phenoxy) is 1. The molecule has 3 aromatic rings. The standard InChI is InChI=1S/C19H17N3O4/c1-11-3-6-13(7-4-11)22-17-14-9-12(18(23)20-2)5-8-15(14)21-10-16(17)26-19(24)25/h3-10H,1-2H3,(H,20,23)(H,21,22)(H,24,25). The summed E-state index contributed by atoms with van der Waals surface area (Å²) >= 11 is 0. The number of pyridine rings is 1. The van der Waals surface area contributed by atoms with E-state index in [9.17, 15) is 9.59 Å². The lowest BCUT2D eigenvalue weighted by Gasteiger charge is -2.14. The van der Waals surface area contributed by atoms with Crippen molar-refractivity contribution in [2.75, 3.05) is 12.4 Å². The Kier molecular flexibility index (Phi) is 4.70. The van der Waals surface area contributed by atoms with E-state index in [1.807, 2.05) is 31.2 Å². The van der Waals surface area contributed by atoms with E-state index in [0.717, 1.165) is 11.3 Å². The van der Waals surface area contributed by atoms with Crippen LogP contribution < -0.4 is 15.4 Å². The zero-order valence-electron chi connectivity index (χ0n) is 14.2. The largest absolute Gasteiger partial charge is 0.511 e. The lowest BCUT2D eigenvalue weighted by atomic mass is 10.1. The highest BCUT2D eigenvalue weighted by Crippen LogP contribution is 2.35. The van der Waals surface area contributed by atoms with Crippen LogP contribution >= 0.6 is 0 Å². The number of rotatable bonds is 4. The van der Waals surface area contributed by atoms with Crippen LogP contribution in [0.1, 0.15) is 15.9 Å². The van der Waals surface area contributed by atoms with Crippen LogP contribution in [0.25, 0.3) is 10.9 Å². The fraction of sp³-hybridized carbons (Fsp3) is 0.105. The number of nitrogens with one attached hydrogen (secondary N) is 2. The van der Waals surface area contributed by atoms with Gasteiger partial charge in [0, 0.05) is 23.7 Å². The van der Waals surface area contributed by atoms with Gasteiger partial charge in [-0.2, -0.15) is 0 Å². The third kappa shape index (κ3) is 3.56. The number of aryl methyl sites for hydroxylation is 1. The van der Waals surface area contributed by atoms with E-state index in [1.165, 1.54) is 6.20 Å². The maximum atomic E-state index is 11.9. The molecule has 3 N–H and O–H groups in total. The summed E-state index contributed by atoms with van der Waals surface area (Å²) in [7, 11) is 1.54. The number of hydrogen-bond donors (Lipinski definition) is 3. The molecule has 0 saturated carbocycles. The highest BCUT2D eigenvalue weighted by molar-refractivity contribution is 6.03. The topological polar surface area (TPSA) is 101 Å². The Bertz CT molecular complexity index is 984. The quantitative estimate of drug-likeness (QED) is 0.620. The predicted octanol–water partition coefficient (Wildman–Crippen LogP) is 3.70.